The summed E-state index contributed by atoms with van der Waals surface area (Å²) < 4.78 is 38.4. The monoisotopic (exact) mass is 475 g/mol. The van der Waals surface area contributed by atoms with Crippen LogP contribution in [0.3, 0.4) is 0 Å². The Labute approximate surface area is 191 Å². The van der Waals surface area contributed by atoms with Gasteiger partial charge >= 0.3 is 6.18 Å². The van der Waals surface area contributed by atoms with E-state index in [4.69, 9.17) is 11.6 Å². The number of thiophene rings is 1. The van der Waals surface area contributed by atoms with Crippen molar-refractivity contribution in [2.75, 3.05) is 36.0 Å². The molecule has 0 aliphatic carbocycles. The van der Waals surface area contributed by atoms with Crippen LogP contribution in [0, 0.1) is 0 Å². The van der Waals surface area contributed by atoms with Crippen molar-refractivity contribution in [3.63, 3.8) is 0 Å². The fourth-order valence-corrected chi connectivity index (χ4v) is 4.87. The fourth-order valence-electron chi connectivity index (χ4n) is 3.83. The van der Waals surface area contributed by atoms with E-state index in [0.29, 0.717) is 37.0 Å². The molecule has 1 aromatic carbocycles. The van der Waals surface area contributed by atoms with Gasteiger partial charge in [-0.1, -0.05) is 23.7 Å². The van der Waals surface area contributed by atoms with E-state index in [1.807, 2.05) is 29.2 Å². The van der Waals surface area contributed by atoms with Crippen molar-refractivity contribution in [3.05, 3.63) is 64.9 Å². The van der Waals surface area contributed by atoms with Gasteiger partial charge in [0.05, 0.1) is 10.9 Å². The van der Waals surface area contributed by atoms with Gasteiger partial charge in [0.15, 0.2) is 0 Å². The molecule has 4 heterocycles. The molecule has 32 heavy (non-hydrogen) atoms. The summed E-state index contributed by atoms with van der Waals surface area (Å²) in [6.07, 6.45) is -1.92. The molecule has 0 bridgehead atoms. The first kappa shape index (κ1) is 21.0. The zero-order valence-electron chi connectivity index (χ0n) is 16.7. The van der Waals surface area contributed by atoms with Crippen molar-refractivity contribution in [1.29, 1.82) is 0 Å². The first-order chi connectivity index (χ1) is 15.4. The fraction of sp³-hybridized carbons (Fsp3) is 0.227. The predicted octanol–water partition coefficient (Wildman–Crippen LogP) is 5.75. The number of fused-ring (bicyclic) bond motifs is 1. The number of anilines is 2. The van der Waals surface area contributed by atoms with Crippen LogP contribution in [0.25, 0.3) is 21.3 Å². The van der Waals surface area contributed by atoms with Gasteiger partial charge in [-0.05, 0) is 29.8 Å². The lowest BCUT2D eigenvalue weighted by Gasteiger charge is -2.36. The van der Waals surface area contributed by atoms with E-state index < -0.39 is 11.7 Å². The highest BCUT2D eigenvalue weighted by Crippen LogP contribution is 2.38. The third kappa shape index (κ3) is 3.98. The molecule has 0 N–H and O–H groups in total. The smallest absolute Gasteiger partial charge is 0.353 e. The minimum atomic E-state index is -4.38. The van der Waals surface area contributed by atoms with E-state index in [-0.39, 0.29) is 0 Å². The third-order valence-corrected chi connectivity index (χ3v) is 6.62. The number of piperazine rings is 1. The van der Waals surface area contributed by atoms with Gasteiger partial charge in [0.25, 0.3) is 0 Å². The first-order valence-electron chi connectivity index (χ1n) is 9.91. The number of alkyl halides is 3. The largest absolute Gasteiger partial charge is 0.417 e. The summed E-state index contributed by atoms with van der Waals surface area (Å²) in [4.78, 5) is 18.1. The summed E-state index contributed by atoms with van der Waals surface area (Å²) >= 11 is 7.61. The number of nitrogens with zero attached hydrogens (tertiary/aromatic N) is 5. The molecule has 0 atom stereocenters. The standard InChI is InChI=1S/C22H17ClF3N5S/c23-16-4-1-14(2-5-16)17-12-32-21-19(17)20(28-13-29-21)31-9-7-30(8-10-31)18-6-3-15(11-27-18)22(24,25)26/h1-6,11-13H,7-10H2. The molecule has 1 aliphatic rings. The Morgan fingerprint density at radius 1 is 0.875 bits per heavy atom. The Balaban J connectivity index is 1.38. The Morgan fingerprint density at radius 3 is 2.25 bits per heavy atom. The van der Waals surface area contributed by atoms with Crippen LogP contribution in [0.15, 0.2) is 54.3 Å². The second-order valence-electron chi connectivity index (χ2n) is 7.41. The number of rotatable bonds is 3. The highest BCUT2D eigenvalue weighted by molar-refractivity contribution is 7.17. The van der Waals surface area contributed by atoms with Gasteiger partial charge in [0.1, 0.15) is 22.8 Å². The molecule has 4 aromatic rings. The Hall–Kier alpha value is -2.91. The maximum atomic E-state index is 12.8. The molecule has 1 aliphatic heterocycles. The van der Waals surface area contributed by atoms with Crippen LogP contribution in [0.2, 0.25) is 5.02 Å². The molecule has 3 aromatic heterocycles. The SMILES string of the molecule is FC(F)(F)c1ccc(N2CCN(c3ncnc4scc(-c5ccc(Cl)cc5)c34)CC2)nc1. The van der Waals surface area contributed by atoms with Crippen LogP contribution in [-0.2, 0) is 6.18 Å². The van der Waals surface area contributed by atoms with Gasteiger partial charge in [-0.2, -0.15) is 13.2 Å². The summed E-state index contributed by atoms with van der Waals surface area (Å²) in [5.74, 6) is 1.41. The number of hydrogen-bond acceptors (Lipinski definition) is 6. The molecule has 0 spiro atoms. The highest BCUT2D eigenvalue weighted by atomic mass is 35.5. The van der Waals surface area contributed by atoms with E-state index in [9.17, 15) is 13.2 Å². The third-order valence-electron chi connectivity index (χ3n) is 5.48. The number of benzene rings is 1. The van der Waals surface area contributed by atoms with Gasteiger partial charge in [0.2, 0.25) is 0 Å². The second-order valence-corrected chi connectivity index (χ2v) is 8.71. The number of hydrogen-bond donors (Lipinski definition) is 0. The van der Waals surface area contributed by atoms with Crippen LogP contribution >= 0.6 is 22.9 Å². The lowest BCUT2D eigenvalue weighted by Crippen LogP contribution is -2.47. The minimum Gasteiger partial charge on any atom is -0.353 e. The summed E-state index contributed by atoms with van der Waals surface area (Å²) in [7, 11) is 0. The summed E-state index contributed by atoms with van der Waals surface area (Å²) in [6, 6.07) is 10.2. The molecule has 5 nitrogen and oxygen atoms in total. The Kier molecular flexibility index (Phi) is 5.38. The lowest BCUT2D eigenvalue weighted by atomic mass is 10.1. The topological polar surface area (TPSA) is 45.2 Å². The molecule has 0 unspecified atom stereocenters. The molecular weight excluding hydrogens is 459 g/mol. The van der Waals surface area contributed by atoms with Gasteiger partial charge in [-0.15, -0.1) is 11.3 Å². The quantitative estimate of drug-likeness (QED) is 0.377. The van der Waals surface area contributed by atoms with E-state index in [2.05, 4.69) is 25.2 Å². The van der Waals surface area contributed by atoms with Gasteiger partial charge < -0.3 is 9.80 Å². The molecule has 1 fully saturated rings. The molecule has 0 amide bonds. The van der Waals surface area contributed by atoms with Crippen LogP contribution in [-0.4, -0.2) is 41.1 Å². The van der Waals surface area contributed by atoms with Crippen molar-refractivity contribution >= 4 is 44.8 Å². The normalized spacial score (nSPS) is 14.9. The summed E-state index contributed by atoms with van der Waals surface area (Å²) in [5, 5.41) is 3.76. The van der Waals surface area contributed by atoms with Crippen LogP contribution < -0.4 is 9.80 Å². The maximum absolute atomic E-state index is 12.8. The Bertz CT molecular complexity index is 1230. The van der Waals surface area contributed by atoms with Crippen molar-refractivity contribution in [2.24, 2.45) is 0 Å². The van der Waals surface area contributed by atoms with Crippen LogP contribution in [0.4, 0.5) is 24.8 Å². The molecule has 5 rings (SSSR count). The summed E-state index contributed by atoms with van der Waals surface area (Å²) in [6.45, 7) is 2.60. The summed E-state index contributed by atoms with van der Waals surface area (Å²) in [5.41, 5.74) is 1.36. The zero-order chi connectivity index (χ0) is 22.3. The highest BCUT2D eigenvalue weighted by Gasteiger charge is 2.31. The Morgan fingerprint density at radius 2 is 1.59 bits per heavy atom. The molecule has 0 saturated carbocycles. The molecule has 164 valence electrons. The number of halogens is 4. The van der Waals surface area contributed by atoms with Gasteiger partial charge in [0, 0.05) is 48.3 Å². The molecular formula is C22H17ClF3N5S. The van der Waals surface area contributed by atoms with Crippen molar-refractivity contribution in [1.82, 2.24) is 15.0 Å². The van der Waals surface area contributed by atoms with Gasteiger partial charge in [-0.3, -0.25) is 0 Å². The van der Waals surface area contributed by atoms with E-state index >= 15 is 0 Å². The first-order valence-corrected chi connectivity index (χ1v) is 11.2. The molecule has 10 heteroatoms. The maximum Gasteiger partial charge on any atom is 0.417 e. The average molecular weight is 476 g/mol. The lowest BCUT2D eigenvalue weighted by molar-refractivity contribution is -0.137. The number of aromatic nitrogens is 3. The van der Waals surface area contributed by atoms with E-state index in [0.717, 1.165) is 39.4 Å². The second kappa shape index (κ2) is 8.22. The molecule has 1 saturated heterocycles. The zero-order valence-corrected chi connectivity index (χ0v) is 18.3. The predicted molar refractivity (Wildman–Crippen MR) is 122 cm³/mol. The average Bonchev–Trinajstić information content (AvgIpc) is 3.24. The van der Waals surface area contributed by atoms with Crippen molar-refractivity contribution in [3.8, 4) is 11.1 Å². The van der Waals surface area contributed by atoms with Crippen molar-refractivity contribution < 1.29 is 13.2 Å². The van der Waals surface area contributed by atoms with E-state index in [1.165, 1.54) is 6.07 Å². The minimum absolute atomic E-state index is 0.544. The van der Waals surface area contributed by atoms with Crippen LogP contribution in [0.1, 0.15) is 5.56 Å². The molecule has 0 radical (unpaired) electrons. The van der Waals surface area contributed by atoms with E-state index in [1.54, 1.807) is 17.7 Å². The van der Waals surface area contributed by atoms with Crippen molar-refractivity contribution in [2.45, 2.75) is 6.18 Å². The van der Waals surface area contributed by atoms with Crippen LogP contribution in [0.5, 0.6) is 0 Å². The number of pyridine rings is 1. The van der Waals surface area contributed by atoms with Gasteiger partial charge in [-0.25, -0.2) is 15.0 Å².